The minimum atomic E-state index is -0.895. The zero-order valence-corrected chi connectivity index (χ0v) is 17.8. The third-order valence-electron chi connectivity index (χ3n) is 5.30. The fourth-order valence-electron chi connectivity index (χ4n) is 3.60. The molecule has 1 saturated heterocycles. The lowest BCUT2D eigenvalue weighted by Crippen LogP contribution is -2.53. The first-order chi connectivity index (χ1) is 15.1. The van der Waals surface area contributed by atoms with Crippen molar-refractivity contribution in [2.24, 2.45) is 0 Å². The van der Waals surface area contributed by atoms with Crippen LogP contribution in [-0.2, 0) is 25.5 Å². The molecule has 1 fully saturated rings. The predicted molar refractivity (Wildman–Crippen MR) is 118 cm³/mol. The van der Waals surface area contributed by atoms with Gasteiger partial charge < -0.3 is 24.8 Å². The molecule has 2 N–H and O–H groups in total. The zero-order chi connectivity index (χ0) is 22.1. The van der Waals surface area contributed by atoms with Crippen molar-refractivity contribution >= 4 is 17.5 Å². The second-order valence-corrected chi connectivity index (χ2v) is 7.47. The Labute approximate surface area is 183 Å². The number of aliphatic hydroxyl groups is 1. The average molecular weight is 427 g/mol. The normalized spacial score (nSPS) is 17.4. The van der Waals surface area contributed by atoms with Gasteiger partial charge in [0.2, 0.25) is 11.8 Å². The van der Waals surface area contributed by atoms with Crippen molar-refractivity contribution < 1.29 is 24.2 Å². The number of carbonyl (C=O) groups excluding carboxylic acids is 2. The molecule has 2 amide bonds. The summed E-state index contributed by atoms with van der Waals surface area (Å²) in [6.07, 6.45) is 0.176. The number of aryl methyl sites for hydroxylation is 1. The fourth-order valence-corrected chi connectivity index (χ4v) is 3.60. The molecule has 1 aliphatic heterocycles. The van der Waals surface area contributed by atoms with E-state index in [0.29, 0.717) is 43.9 Å². The number of carbonyl (C=O) groups is 2. The Kier molecular flexibility index (Phi) is 8.58. The average Bonchev–Trinajstić information content (AvgIpc) is 2.79. The molecule has 2 unspecified atom stereocenters. The van der Waals surface area contributed by atoms with E-state index < -0.39 is 12.1 Å². The van der Waals surface area contributed by atoms with Gasteiger partial charge in [0.15, 0.2) is 0 Å². The van der Waals surface area contributed by atoms with Crippen molar-refractivity contribution in [1.82, 2.24) is 4.90 Å². The van der Waals surface area contributed by atoms with Gasteiger partial charge >= 0.3 is 0 Å². The summed E-state index contributed by atoms with van der Waals surface area (Å²) in [5.74, 6) is -0.220. The Morgan fingerprint density at radius 2 is 1.97 bits per heavy atom. The quantitative estimate of drug-likeness (QED) is 0.570. The monoisotopic (exact) mass is 426 g/mol. The number of nitrogens with one attached hydrogen (secondary N) is 1. The number of amides is 2. The highest BCUT2D eigenvalue weighted by molar-refractivity contribution is 5.90. The number of aliphatic hydroxyl groups excluding tert-OH is 1. The summed E-state index contributed by atoms with van der Waals surface area (Å²) in [5, 5.41) is 13.8. The van der Waals surface area contributed by atoms with Gasteiger partial charge in [-0.25, -0.2) is 0 Å². The Balaban J connectivity index is 1.56. The summed E-state index contributed by atoms with van der Waals surface area (Å²) in [5.41, 5.74) is 2.44. The van der Waals surface area contributed by atoms with Crippen LogP contribution in [0.1, 0.15) is 30.6 Å². The van der Waals surface area contributed by atoms with E-state index in [1.54, 1.807) is 29.2 Å². The van der Waals surface area contributed by atoms with E-state index in [9.17, 15) is 14.7 Å². The number of benzene rings is 2. The van der Waals surface area contributed by atoms with E-state index >= 15 is 0 Å². The molecule has 1 aliphatic rings. The fraction of sp³-hybridized carbons (Fsp3) is 0.417. The van der Waals surface area contributed by atoms with Crippen LogP contribution in [0.3, 0.4) is 0 Å². The van der Waals surface area contributed by atoms with Crippen molar-refractivity contribution in [3.63, 3.8) is 0 Å². The van der Waals surface area contributed by atoms with Gasteiger partial charge in [0, 0.05) is 25.3 Å². The van der Waals surface area contributed by atoms with E-state index in [4.69, 9.17) is 9.47 Å². The number of nitrogens with zero attached hydrogens (tertiary/aromatic N) is 1. The molecule has 0 radical (unpaired) electrons. The largest absolute Gasteiger partial charge is 0.386 e. The van der Waals surface area contributed by atoms with Crippen molar-refractivity contribution in [3.8, 4) is 0 Å². The van der Waals surface area contributed by atoms with E-state index in [1.807, 2.05) is 37.3 Å². The molecule has 0 spiro atoms. The Morgan fingerprint density at radius 1 is 1.23 bits per heavy atom. The van der Waals surface area contributed by atoms with Gasteiger partial charge in [0.25, 0.3) is 0 Å². The van der Waals surface area contributed by atoms with Crippen molar-refractivity contribution in [3.05, 3.63) is 65.7 Å². The van der Waals surface area contributed by atoms with Crippen LogP contribution in [0.5, 0.6) is 0 Å². The Morgan fingerprint density at radius 3 is 2.68 bits per heavy atom. The Bertz CT molecular complexity index is 841. The van der Waals surface area contributed by atoms with Crippen LogP contribution in [-0.4, -0.2) is 60.8 Å². The standard InChI is InChI=1S/C24H30N2O5/c1-2-30-15-14-26-21(16-31-17-23(26)28)24(29)19-9-11-20(12-10-19)25-22(27)13-8-18-6-4-3-5-7-18/h3-7,9-12,21,24,29H,2,8,13-17H2,1H3,(H,25,27). The first-order valence-electron chi connectivity index (χ1n) is 10.6. The van der Waals surface area contributed by atoms with Gasteiger partial charge in [-0.1, -0.05) is 42.5 Å². The van der Waals surface area contributed by atoms with Gasteiger partial charge in [-0.3, -0.25) is 9.59 Å². The van der Waals surface area contributed by atoms with Crippen molar-refractivity contribution in [1.29, 1.82) is 0 Å². The van der Waals surface area contributed by atoms with Gasteiger partial charge in [-0.05, 0) is 36.6 Å². The second-order valence-electron chi connectivity index (χ2n) is 7.47. The van der Waals surface area contributed by atoms with E-state index in [0.717, 1.165) is 5.56 Å². The molecule has 1 heterocycles. The lowest BCUT2D eigenvalue weighted by Gasteiger charge is -2.38. The zero-order valence-electron chi connectivity index (χ0n) is 17.8. The van der Waals surface area contributed by atoms with Crippen LogP contribution < -0.4 is 5.32 Å². The number of ether oxygens (including phenoxy) is 2. The third kappa shape index (κ3) is 6.62. The summed E-state index contributed by atoms with van der Waals surface area (Å²) in [6, 6.07) is 16.4. The molecule has 7 heteroatoms. The molecule has 2 aromatic carbocycles. The molecule has 0 aromatic heterocycles. The van der Waals surface area contributed by atoms with Crippen LogP contribution in [0.25, 0.3) is 0 Å². The number of rotatable bonds is 10. The van der Waals surface area contributed by atoms with Crippen LogP contribution >= 0.6 is 0 Å². The molecular weight excluding hydrogens is 396 g/mol. The first kappa shape index (κ1) is 22.9. The Hall–Kier alpha value is -2.74. The SMILES string of the molecule is CCOCCN1C(=O)COCC1C(O)c1ccc(NC(=O)CCc2ccccc2)cc1. The number of hydrogen-bond acceptors (Lipinski definition) is 5. The summed E-state index contributed by atoms with van der Waals surface area (Å²) < 4.78 is 10.7. The summed E-state index contributed by atoms with van der Waals surface area (Å²) in [4.78, 5) is 26.1. The lowest BCUT2D eigenvalue weighted by molar-refractivity contribution is -0.155. The molecule has 3 rings (SSSR count). The van der Waals surface area contributed by atoms with Gasteiger partial charge in [0.05, 0.1) is 19.3 Å². The van der Waals surface area contributed by atoms with Crippen LogP contribution in [0, 0.1) is 0 Å². The second kappa shape index (κ2) is 11.6. The molecule has 0 aliphatic carbocycles. The molecule has 0 bridgehead atoms. The van der Waals surface area contributed by atoms with Crippen molar-refractivity contribution in [2.75, 3.05) is 38.3 Å². The minimum Gasteiger partial charge on any atom is -0.386 e. The van der Waals surface area contributed by atoms with Gasteiger partial charge in [0.1, 0.15) is 12.7 Å². The summed E-state index contributed by atoms with van der Waals surface area (Å²) in [7, 11) is 0. The van der Waals surface area contributed by atoms with Crippen molar-refractivity contribution in [2.45, 2.75) is 31.9 Å². The number of hydrogen-bond donors (Lipinski definition) is 2. The molecule has 0 saturated carbocycles. The molecule has 31 heavy (non-hydrogen) atoms. The first-order valence-corrected chi connectivity index (χ1v) is 10.6. The van der Waals surface area contributed by atoms with Crippen LogP contribution in [0.15, 0.2) is 54.6 Å². The summed E-state index contributed by atoms with van der Waals surface area (Å²) in [6.45, 7) is 3.58. The van der Waals surface area contributed by atoms with E-state index in [-0.39, 0.29) is 25.0 Å². The molecular formula is C24H30N2O5. The highest BCUT2D eigenvalue weighted by atomic mass is 16.5. The van der Waals surface area contributed by atoms with Gasteiger partial charge in [-0.15, -0.1) is 0 Å². The van der Waals surface area contributed by atoms with Crippen LogP contribution in [0.4, 0.5) is 5.69 Å². The maximum absolute atomic E-state index is 12.3. The maximum atomic E-state index is 12.3. The number of anilines is 1. The molecule has 7 nitrogen and oxygen atoms in total. The topological polar surface area (TPSA) is 88.1 Å². The van der Waals surface area contributed by atoms with Gasteiger partial charge in [-0.2, -0.15) is 0 Å². The number of morpholine rings is 1. The third-order valence-corrected chi connectivity index (χ3v) is 5.30. The van der Waals surface area contributed by atoms with Crippen LogP contribution in [0.2, 0.25) is 0 Å². The smallest absolute Gasteiger partial charge is 0.249 e. The lowest BCUT2D eigenvalue weighted by atomic mass is 10.00. The predicted octanol–water partition coefficient (Wildman–Crippen LogP) is 2.56. The molecule has 166 valence electrons. The summed E-state index contributed by atoms with van der Waals surface area (Å²) >= 11 is 0. The molecule has 2 atom stereocenters. The highest BCUT2D eigenvalue weighted by Crippen LogP contribution is 2.25. The highest BCUT2D eigenvalue weighted by Gasteiger charge is 2.34. The minimum absolute atomic E-state index is 0.0172. The molecule has 2 aromatic rings. The van der Waals surface area contributed by atoms with E-state index in [2.05, 4.69) is 5.32 Å². The van der Waals surface area contributed by atoms with E-state index in [1.165, 1.54) is 0 Å². The maximum Gasteiger partial charge on any atom is 0.249 e.